The molecule has 0 spiro atoms. The molecule has 2 saturated heterocycles. The number of hydrogen-bond donors (Lipinski definition) is 4. The number of aromatic amines is 2. The number of carbonyl (C=O) groups is 4. The van der Waals surface area contributed by atoms with Crippen molar-refractivity contribution in [1.82, 2.24) is 40.4 Å². The molecule has 2 aliphatic heterocycles. The van der Waals surface area contributed by atoms with Gasteiger partial charge in [0.05, 0.1) is 50.1 Å². The zero-order valence-electron chi connectivity index (χ0n) is 34.5. The lowest BCUT2D eigenvalue weighted by Gasteiger charge is -2.30. The molecular formula is C46H50N8O6. The van der Waals surface area contributed by atoms with Crippen LogP contribution in [-0.2, 0) is 19.1 Å². The fourth-order valence-corrected chi connectivity index (χ4v) is 8.12. The Hall–Kier alpha value is -6.88. The van der Waals surface area contributed by atoms with Crippen LogP contribution in [0.4, 0.5) is 9.59 Å². The second-order valence-corrected chi connectivity index (χ2v) is 15.3. The van der Waals surface area contributed by atoms with Crippen LogP contribution in [0.15, 0.2) is 85.2 Å². The summed E-state index contributed by atoms with van der Waals surface area (Å²) in [6.45, 7) is 6.72. The Morgan fingerprint density at radius 3 is 1.87 bits per heavy atom. The van der Waals surface area contributed by atoms with Crippen LogP contribution < -0.4 is 10.6 Å². The van der Waals surface area contributed by atoms with Crippen molar-refractivity contribution < 1.29 is 28.7 Å². The maximum atomic E-state index is 13.9. The number of alkyl carbamates (subject to hydrolysis) is 2. The van der Waals surface area contributed by atoms with Gasteiger partial charge in [0.1, 0.15) is 23.7 Å². The molecule has 2 fully saturated rings. The van der Waals surface area contributed by atoms with Gasteiger partial charge in [-0.25, -0.2) is 19.6 Å². The van der Waals surface area contributed by atoms with Gasteiger partial charge in [-0.15, -0.1) is 5.92 Å². The summed E-state index contributed by atoms with van der Waals surface area (Å²) in [6.07, 6.45) is 5.39. The molecule has 4 heterocycles. The topological polar surface area (TPSA) is 175 Å². The highest BCUT2D eigenvalue weighted by Gasteiger charge is 2.39. The van der Waals surface area contributed by atoms with E-state index in [0.717, 1.165) is 64.9 Å². The van der Waals surface area contributed by atoms with Crippen molar-refractivity contribution in [3.63, 3.8) is 0 Å². The fraction of sp³-hybridized carbons (Fsp3) is 0.348. The van der Waals surface area contributed by atoms with Crippen LogP contribution >= 0.6 is 0 Å². The summed E-state index contributed by atoms with van der Waals surface area (Å²) in [5.41, 5.74) is 6.98. The third kappa shape index (κ3) is 8.75. The van der Waals surface area contributed by atoms with Crippen molar-refractivity contribution in [2.45, 2.75) is 70.6 Å². The minimum atomic E-state index is -0.892. The minimum absolute atomic E-state index is 0.123. The van der Waals surface area contributed by atoms with Gasteiger partial charge in [0.25, 0.3) is 5.91 Å². The van der Waals surface area contributed by atoms with E-state index >= 15 is 0 Å². The molecule has 2 aromatic heterocycles. The average molecular weight is 811 g/mol. The molecule has 4 N–H and O–H groups in total. The molecule has 310 valence electrons. The number of benzene rings is 3. The molecule has 5 aromatic rings. The number of nitrogens with zero attached hydrogens (tertiary/aromatic N) is 4. The Balaban J connectivity index is 1.06. The smallest absolute Gasteiger partial charge is 0.407 e. The Kier molecular flexibility index (Phi) is 12.6. The van der Waals surface area contributed by atoms with Gasteiger partial charge in [-0.2, -0.15) is 0 Å². The summed E-state index contributed by atoms with van der Waals surface area (Å²) in [7, 11) is 2.56. The quantitative estimate of drug-likeness (QED) is 0.101. The highest BCUT2D eigenvalue weighted by atomic mass is 16.5. The maximum Gasteiger partial charge on any atom is 0.407 e. The van der Waals surface area contributed by atoms with Crippen LogP contribution in [0.25, 0.3) is 33.6 Å². The van der Waals surface area contributed by atoms with Crippen molar-refractivity contribution in [3.05, 3.63) is 108 Å². The molecule has 4 atom stereocenters. The first-order valence-electron chi connectivity index (χ1n) is 20.2. The average Bonchev–Trinajstić information content (AvgIpc) is 4.12. The van der Waals surface area contributed by atoms with E-state index < -0.39 is 24.3 Å². The van der Waals surface area contributed by atoms with Crippen molar-refractivity contribution in [2.75, 3.05) is 27.3 Å². The van der Waals surface area contributed by atoms with E-state index in [2.05, 4.69) is 50.6 Å². The molecule has 0 aliphatic carbocycles. The standard InChI is InChI=1S/C46H50N8O6/c1-6-12-32-25-33(36-27-48-42(50-36)37-15-10-23-53(37)43(55)39(28(2)3)51-45(57)59-4)21-22-34(32)29-17-19-30(20-18-29)35-26-47-41(49-35)38-16-11-24-54(38)44(56)40(52-46(58)60-5)31-13-8-7-9-14-31/h7-9,13-14,17-22,25-28,37-40H,10-11,15-16,23-24H2,1-5H3,(H,47,49)(H,48,50)(H,51,57)(H,52,58)/t37-,38-,39?,40+/m0/s1. The molecule has 0 saturated carbocycles. The summed E-state index contributed by atoms with van der Waals surface area (Å²) in [6, 6.07) is 21.3. The Morgan fingerprint density at radius 2 is 1.28 bits per heavy atom. The highest BCUT2D eigenvalue weighted by Crippen LogP contribution is 2.36. The number of nitrogens with one attached hydrogen (secondary N) is 4. The van der Waals surface area contributed by atoms with Crippen molar-refractivity contribution in [3.8, 4) is 45.5 Å². The molecule has 2 aliphatic rings. The van der Waals surface area contributed by atoms with Gasteiger partial charge in [-0.3, -0.25) is 9.59 Å². The van der Waals surface area contributed by atoms with Crippen LogP contribution in [-0.4, -0.2) is 87.1 Å². The number of rotatable bonds is 11. The van der Waals surface area contributed by atoms with E-state index in [-0.39, 0.29) is 29.8 Å². The number of carbonyl (C=O) groups excluding carboxylic acids is 4. The lowest BCUT2D eigenvalue weighted by molar-refractivity contribution is -0.135. The lowest BCUT2D eigenvalue weighted by atomic mass is 9.96. The largest absolute Gasteiger partial charge is 0.453 e. The van der Waals surface area contributed by atoms with Gasteiger partial charge in [0.2, 0.25) is 5.91 Å². The third-order valence-electron chi connectivity index (χ3n) is 11.2. The van der Waals surface area contributed by atoms with Crippen LogP contribution in [0.5, 0.6) is 0 Å². The molecule has 1 unspecified atom stereocenters. The zero-order valence-corrected chi connectivity index (χ0v) is 34.5. The van der Waals surface area contributed by atoms with E-state index in [1.54, 1.807) is 22.2 Å². The molecule has 3 aromatic carbocycles. The number of ether oxygens (including phenoxy) is 2. The number of methoxy groups -OCH3 is 2. The number of imidazole rings is 2. The predicted octanol–water partition coefficient (Wildman–Crippen LogP) is 7.31. The number of H-pyrrole nitrogens is 2. The van der Waals surface area contributed by atoms with Crippen molar-refractivity contribution in [2.24, 2.45) is 5.92 Å². The molecular weight excluding hydrogens is 761 g/mol. The number of likely N-dealkylation sites (tertiary alicyclic amines) is 2. The summed E-state index contributed by atoms with van der Waals surface area (Å²) in [5, 5.41) is 5.41. The Labute approximate surface area is 349 Å². The first-order chi connectivity index (χ1) is 29.1. The van der Waals surface area contributed by atoms with Crippen molar-refractivity contribution in [1.29, 1.82) is 0 Å². The van der Waals surface area contributed by atoms with Gasteiger partial charge in [0.15, 0.2) is 0 Å². The number of hydrogen-bond acceptors (Lipinski definition) is 8. The van der Waals surface area contributed by atoms with Crippen LogP contribution in [0.3, 0.4) is 0 Å². The van der Waals surface area contributed by atoms with Gasteiger partial charge >= 0.3 is 12.2 Å². The SMILES string of the molecule is CC#Cc1cc(-c2cnc([C@@H]3CCCN3C(=O)C(NC(=O)OC)C(C)C)[nH]2)ccc1-c1ccc(-c2cnc([C@@H]3CCCN3C(=O)[C@H](NC(=O)OC)c3ccccc3)[nH]2)cc1. The first kappa shape index (κ1) is 41.3. The van der Waals surface area contributed by atoms with Crippen LogP contribution in [0.2, 0.25) is 0 Å². The van der Waals surface area contributed by atoms with Crippen LogP contribution in [0, 0.1) is 17.8 Å². The third-order valence-corrected chi connectivity index (χ3v) is 11.2. The first-order valence-corrected chi connectivity index (χ1v) is 20.2. The molecule has 14 nitrogen and oxygen atoms in total. The van der Waals surface area contributed by atoms with Gasteiger partial charge in [0, 0.05) is 24.2 Å². The fourth-order valence-electron chi connectivity index (χ4n) is 8.12. The highest BCUT2D eigenvalue weighted by molar-refractivity contribution is 5.88. The van der Waals surface area contributed by atoms with Gasteiger partial charge in [-0.1, -0.05) is 86.5 Å². The summed E-state index contributed by atoms with van der Waals surface area (Å²) in [5.74, 6) is 7.21. The maximum absolute atomic E-state index is 13.9. The predicted molar refractivity (Wildman–Crippen MR) is 226 cm³/mol. The molecule has 0 bridgehead atoms. The zero-order chi connectivity index (χ0) is 42.3. The van der Waals surface area contributed by atoms with Gasteiger partial charge in [-0.05, 0) is 66.8 Å². The molecule has 60 heavy (non-hydrogen) atoms. The monoisotopic (exact) mass is 810 g/mol. The lowest BCUT2D eigenvalue weighted by Crippen LogP contribution is -2.51. The summed E-state index contributed by atoms with van der Waals surface area (Å²) >= 11 is 0. The van der Waals surface area contributed by atoms with E-state index in [0.29, 0.717) is 30.3 Å². The molecule has 4 amide bonds. The normalized spacial score (nSPS) is 17.1. The van der Waals surface area contributed by atoms with E-state index in [4.69, 9.17) is 19.4 Å². The second-order valence-electron chi connectivity index (χ2n) is 15.3. The Bertz CT molecular complexity index is 2400. The summed E-state index contributed by atoms with van der Waals surface area (Å²) in [4.78, 5) is 71.8. The minimum Gasteiger partial charge on any atom is -0.453 e. The van der Waals surface area contributed by atoms with E-state index in [1.807, 2.05) is 75.4 Å². The molecule has 14 heteroatoms. The number of amides is 4. The number of aromatic nitrogens is 4. The van der Waals surface area contributed by atoms with E-state index in [9.17, 15) is 19.2 Å². The summed E-state index contributed by atoms with van der Waals surface area (Å²) < 4.78 is 9.61. The molecule has 7 rings (SSSR count). The molecule has 0 radical (unpaired) electrons. The second kappa shape index (κ2) is 18.4. The van der Waals surface area contributed by atoms with Crippen LogP contribution in [0.1, 0.15) is 87.4 Å². The van der Waals surface area contributed by atoms with Gasteiger partial charge < -0.3 is 39.9 Å². The van der Waals surface area contributed by atoms with Crippen molar-refractivity contribution >= 4 is 24.0 Å². The van der Waals surface area contributed by atoms with E-state index in [1.165, 1.54) is 14.2 Å². The Morgan fingerprint density at radius 1 is 0.733 bits per heavy atom.